The third-order valence-corrected chi connectivity index (χ3v) is 3.16. The van der Waals surface area contributed by atoms with E-state index in [4.69, 9.17) is 14.2 Å². The Kier molecular flexibility index (Phi) is 4.34. The Morgan fingerprint density at radius 3 is 2.41 bits per heavy atom. The number of hydrogen-bond acceptors (Lipinski definition) is 5. The average molecular weight is 296 g/mol. The normalized spacial score (nSPS) is 10.4. The molecule has 1 heterocycles. The summed E-state index contributed by atoms with van der Waals surface area (Å²) >= 11 is 0. The van der Waals surface area contributed by atoms with E-state index in [2.05, 4.69) is 9.97 Å². The van der Waals surface area contributed by atoms with Gasteiger partial charge in [0.1, 0.15) is 19.5 Å². The van der Waals surface area contributed by atoms with Crippen LogP contribution in [0.5, 0.6) is 17.4 Å². The van der Waals surface area contributed by atoms with E-state index < -0.39 is 0 Å². The molecule has 22 heavy (non-hydrogen) atoms. The van der Waals surface area contributed by atoms with Crippen LogP contribution in [0.25, 0.3) is 10.9 Å². The highest BCUT2D eigenvalue weighted by atomic mass is 16.5. The predicted octanol–water partition coefficient (Wildman–Crippen LogP) is 3.10. The summed E-state index contributed by atoms with van der Waals surface area (Å²) < 4.78 is 16.6. The van der Waals surface area contributed by atoms with Crippen LogP contribution in [-0.2, 0) is 0 Å². The van der Waals surface area contributed by atoms with Crippen molar-refractivity contribution >= 4 is 10.9 Å². The fourth-order valence-corrected chi connectivity index (χ4v) is 2.12. The van der Waals surface area contributed by atoms with Crippen LogP contribution in [0.4, 0.5) is 0 Å². The molecule has 0 amide bonds. The summed E-state index contributed by atoms with van der Waals surface area (Å²) in [6.07, 6.45) is 1.50. The second kappa shape index (κ2) is 6.76. The van der Waals surface area contributed by atoms with Crippen molar-refractivity contribution in [3.8, 4) is 17.4 Å². The number of methoxy groups -OCH3 is 1. The van der Waals surface area contributed by atoms with Crippen LogP contribution in [0.1, 0.15) is 0 Å². The number of fused-ring (bicyclic) bond motifs is 1. The lowest BCUT2D eigenvalue weighted by Gasteiger charge is -2.11. The highest BCUT2D eigenvalue weighted by Gasteiger charge is 2.05. The largest absolute Gasteiger partial charge is 0.493 e. The molecule has 0 atom stereocenters. The van der Waals surface area contributed by atoms with Crippen molar-refractivity contribution in [1.82, 2.24) is 9.97 Å². The zero-order chi connectivity index (χ0) is 15.2. The number of ether oxygens (including phenoxy) is 3. The molecule has 0 aliphatic heterocycles. The average Bonchev–Trinajstić information content (AvgIpc) is 2.59. The molecule has 0 saturated heterocycles. The zero-order valence-corrected chi connectivity index (χ0v) is 12.2. The van der Waals surface area contributed by atoms with Crippen LogP contribution in [0, 0.1) is 0 Å². The quantitative estimate of drug-likeness (QED) is 0.654. The first kappa shape index (κ1) is 14.1. The predicted molar refractivity (Wildman–Crippen MR) is 83.5 cm³/mol. The van der Waals surface area contributed by atoms with E-state index in [1.165, 1.54) is 6.33 Å². The summed E-state index contributed by atoms with van der Waals surface area (Å²) in [6, 6.07) is 15.2. The van der Waals surface area contributed by atoms with Crippen LogP contribution in [0.15, 0.2) is 54.9 Å². The monoisotopic (exact) mass is 296 g/mol. The number of nitrogens with zero attached hydrogens (tertiary/aromatic N) is 2. The van der Waals surface area contributed by atoms with Crippen LogP contribution >= 0.6 is 0 Å². The van der Waals surface area contributed by atoms with Gasteiger partial charge in [-0.1, -0.05) is 24.3 Å². The van der Waals surface area contributed by atoms with Crippen LogP contribution < -0.4 is 14.2 Å². The number of para-hydroxylation sites is 3. The summed E-state index contributed by atoms with van der Waals surface area (Å²) in [7, 11) is 1.62. The molecule has 3 rings (SSSR count). The Morgan fingerprint density at radius 1 is 0.818 bits per heavy atom. The summed E-state index contributed by atoms with van der Waals surface area (Å²) in [6.45, 7) is 0.789. The van der Waals surface area contributed by atoms with Gasteiger partial charge < -0.3 is 14.2 Å². The first-order valence-corrected chi connectivity index (χ1v) is 6.97. The zero-order valence-electron chi connectivity index (χ0n) is 12.2. The van der Waals surface area contributed by atoms with Crippen LogP contribution in [0.2, 0.25) is 0 Å². The van der Waals surface area contributed by atoms with Gasteiger partial charge in [0.25, 0.3) is 0 Å². The smallest absolute Gasteiger partial charge is 0.224 e. The van der Waals surface area contributed by atoms with Gasteiger partial charge in [-0.2, -0.15) is 0 Å². The van der Waals surface area contributed by atoms with E-state index in [9.17, 15) is 0 Å². The second-order valence-electron chi connectivity index (χ2n) is 4.54. The molecular formula is C17H16N2O3. The molecule has 5 nitrogen and oxygen atoms in total. The molecule has 0 fully saturated rings. The fourth-order valence-electron chi connectivity index (χ4n) is 2.12. The lowest BCUT2D eigenvalue weighted by Crippen LogP contribution is -2.10. The van der Waals surface area contributed by atoms with Gasteiger partial charge >= 0.3 is 0 Å². The van der Waals surface area contributed by atoms with E-state index in [1.807, 2.05) is 48.5 Å². The van der Waals surface area contributed by atoms with E-state index >= 15 is 0 Å². The highest BCUT2D eigenvalue weighted by Crippen LogP contribution is 2.25. The van der Waals surface area contributed by atoms with Crippen molar-refractivity contribution in [2.75, 3.05) is 20.3 Å². The topological polar surface area (TPSA) is 53.5 Å². The van der Waals surface area contributed by atoms with Crippen LogP contribution in [0.3, 0.4) is 0 Å². The van der Waals surface area contributed by atoms with E-state index in [1.54, 1.807) is 7.11 Å². The fraction of sp³-hybridized carbons (Fsp3) is 0.176. The number of rotatable bonds is 6. The van der Waals surface area contributed by atoms with Crippen LogP contribution in [-0.4, -0.2) is 30.3 Å². The summed E-state index contributed by atoms with van der Waals surface area (Å²) in [5.41, 5.74) is 0.859. The van der Waals surface area contributed by atoms with Gasteiger partial charge in [-0.3, -0.25) is 0 Å². The third kappa shape index (κ3) is 3.09. The number of hydrogen-bond donors (Lipinski definition) is 0. The molecule has 0 unspecified atom stereocenters. The van der Waals surface area contributed by atoms with Crippen molar-refractivity contribution in [2.24, 2.45) is 0 Å². The molecule has 2 aromatic carbocycles. The van der Waals surface area contributed by atoms with Gasteiger partial charge in [0.05, 0.1) is 18.0 Å². The molecule has 5 heteroatoms. The van der Waals surface area contributed by atoms with Gasteiger partial charge in [-0.05, 0) is 24.3 Å². The Bertz CT molecular complexity index is 756. The molecular weight excluding hydrogens is 280 g/mol. The minimum atomic E-state index is 0.388. The molecule has 0 spiro atoms. The summed E-state index contributed by atoms with van der Waals surface area (Å²) in [4.78, 5) is 8.37. The van der Waals surface area contributed by atoms with E-state index in [0.29, 0.717) is 30.6 Å². The maximum absolute atomic E-state index is 5.70. The number of aromatic nitrogens is 2. The van der Waals surface area contributed by atoms with Gasteiger partial charge in [-0.15, -0.1) is 0 Å². The summed E-state index contributed by atoms with van der Waals surface area (Å²) in [5, 5.41) is 0.891. The standard InChI is InChI=1S/C17H16N2O3/c1-20-15-8-4-5-9-16(15)21-10-11-22-17-13-6-2-3-7-14(13)18-12-19-17/h2-9,12H,10-11H2,1H3. The summed E-state index contributed by atoms with van der Waals surface area (Å²) in [5.74, 6) is 1.96. The Labute approximate surface area is 128 Å². The van der Waals surface area contributed by atoms with Gasteiger partial charge in [0, 0.05) is 0 Å². The second-order valence-corrected chi connectivity index (χ2v) is 4.54. The maximum Gasteiger partial charge on any atom is 0.224 e. The van der Waals surface area contributed by atoms with Gasteiger partial charge in [0.2, 0.25) is 5.88 Å². The lowest BCUT2D eigenvalue weighted by molar-refractivity contribution is 0.208. The minimum Gasteiger partial charge on any atom is -0.493 e. The first-order chi connectivity index (χ1) is 10.9. The highest BCUT2D eigenvalue weighted by molar-refractivity contribution is 5.82. The lowest BCUT2D eigenvalue weighted by atomic mass is 10.2. The Morgan fingerprint density at radius 2 is 1.55 bits per heavy atom. The van der Waals surface area contributed by atoms with Crippen molar-refractivity contribution in [2.45, 2.75) is 0 Å². The molecule has 0 bridgehead atoms. The van der Waals surface area contributed by atoms with Crippen molar-refractivity contribution in [3.63, 3.8) is 0 Å². The molecule has 1 aromatic heterocycles. The molecule has 0 saturated carbocycles. The Hall–Kier alpha value is -2.82. The van der Waals surface area contributed by atoms with Gasteiger partial charge in [0.15, 0.2) is 11.5 Å². The van der Waals surface area contributed by atoms with E-state index in [0.717, 1.165) is 10.9 Å². The van der Waals surface area contributed by atoms with Crippen molar-refractivity contribution < 1.29 is 14.2 Å². The molecule has 0 aliphatic carbocycles. The van der Waals surface area contributed by atoms with E-state index in [-0.39, 0.29) is 0 Å². The first-order valence-electron chi connectivity index (χ1n) is 6.97. The molecule has 0 aliphatic rings. The molecule has 0 N–H and O–H groups in total. The van der Waals surface area contributed by atoms with Crippen molar-refractivity contribution in [3.05, 3.63) is 54.9 Å². The molecule has 0 radical (unpaired) electrons. The molecule has 3 aromatic rings. The minimum absolute atomic E-state index is 0.388. The maximum atomic E-state index is 5.70. The number of benzene rings is 2. The SMILES string of the molecule is COc1ccccc1OCCOc1ncnc2ccccc12. The van der Waals surface area contributed by atoms with Gasteiger partial charge in [-0.25, -0.2) is 9.97 Å². The Balaban J connectivity index is 1.61. The van der Waals surface area contributed by atoms with Crippen molar-refractivity contribution in [1.29, 1.82) is 0 Å². The third-order valence-electron chi connectivity index (χ3n) is 3.16. The molecule has 112 valence electrons.